The maximum absolute atomic E-state index is 13.2. The van der Waals surface area contributed by atoms with Gasteiger partial charge in [-0.25, -0.2) is 8.42 Å². The Hall–Kier alpha value is -2.48. The van der Waals surface area contributed by atoms with Gasteiger partial charge in [0.25, 0.3) is 0 Å². The van der Waals surface area contributed by atoms with Gasteiger partial charge in [0.15, 0.2) is 0 Å². The average Bonchev–Trinajstić information content (AvgIpc) is 2.78. The van der Waals surface area contributed by atoms with E-state index in [4.69, 9.17) is 11.6 Å². The van der Waals surface area contributed by atoms with Gasteiger partial charge in [-0.2, -0.15) is 0 Å². The van der Waals surface area contributed by atoms with Crippen LogP contribution >= 0.6 is 23.4 Å². The van der Waals surface area contributed by atoms with Crippen LogP contribution in [0, 0.1) is 6.92 Å². The van der Waals surface area contributed by atoms with Gasteiger partial charge >= 0.3 is 0 Å². The van der Waals surface area contributed by atoms with E-state index in [1.807, 2.05) is 43.3 Å². The summed E-state index contributed by atoms with van der Waals surface area (Å²) in [6.07, 6.45) is 1.41. The number of hydrogen-bond donors (Lipinski definition) is 1. The Labute approximate surface area is 205 Å². The molecule has 1 unspecified atom stereocenters. The lowest BCUT2D eigenvalue weighted by molar-refractivity contribution is -0.117. The minimum atomic E-state index is -3.70. The second-order valence-electron chi connectivity index (χ2n) is 7.70. The van der Waals surface area contributed by atoms with Gasteiger partial charge in [-0.15, -0.1) is 11.8 Å². The number of thioether (sulfide) groups is 1. The van der Waals surface area contributed by atoms with Crippen LogP contribution in [0.3, 0.4) is 0 Å². The van der Waals surface area contributed by atoms with Crippen LogP contribution < -0.4 is 9.62 Å². The molecule has 33 heavy (non-hydrogen) atoms. The molecule has 0 spiro atoms. The predicted octanol–water partition coefficient (Wildman–Crippen LogP) is 6.12. The standard InChI is InChI=1S/C25H27ClN2O3S2/c1-4-24(28(33(3,30)31)21-13-11-20(26)12-14-21)25(29)27-23-15-10-19(16-18(23)2)17-32-22-8-6-5-7-9-22/h5-16,24H,4,17H2,1-3H3,(H,27,29). The number of amides is 1. The zero-order chi connectivity index (χ0) is 24.0. The van der Waals surface area contributed by atoms with Crippen molar-refractivity contribution in [3.63, 3.8) is 0 Å². The average molecular weight is 503 g/mol. The maximum atomic E-state index is 13.2. The molecule has 1 amide bonds. The van der Waals surface area contributed by atoms with E-state index in [-0.39, 0.29) is 5.91 Å². The topological polar surface area (TPSA) is 66.5 Å². The second-order valence-corrected chi connectivity index (χ2v) is 11.0. The Morgan fingerprint density at radius 2 is 1.73 bits per heavy atom. The molecule has 8 heteroatoms. The van der Waals surface area contributed by atoms with E-state index in [1.54, 1.807) is 43.0 Å². The van der Waals surface area contributed by atoms with Crippen molar-refractivity contribution in [2.24, 2.45) is 0 Å². The van der Waals surface area contributed by atoms with E-state index in [0.29, 0.717) is 22.8 Å². The molecule has 3 aromatic rings. The molecule has 174 valence electrons. The summed E-state index contributed by atoms with van der Waals surface area (Å²) in [7, 11) is -3.70. The van der Waals surface area contributed by atoms with Crippen LogP contribution in [0.25, 0.3) is 0 Å². The fourth-order valence-corrected chi connectivity index (χ4v) is 5.70. The normalized spacial score (nSPS) is 12.2. The molecule has 1 atom stereocenters. The summed E-state index contributed by atoms with van der Waals surface area (Å²) in [6, 6.07) is 21.6. The quantitative estimate of drug-likeness (QED) is 0.358. The van der Waals surface area contributed by atoms with Gasteiger partial charge in [0.1, 0.15) is 6.04 Å². The highest BCUT2D eigenvalue weighted by Crippen LogP contribution is 2.27. The molecule has 0 fully saturated rings. The Kier molecular flexibility index (Phi) is 8.46. The zero-order valence-corrected chi connectivity index (χ0v) is 21.2. The van der Waals surface area contributed by atoms with Crippen molar-refractivity contribution in [1.29, 1.82) is 0 Å². The number of halogens is 1. The summed E-state index contributed by atoms with van der Waals surface area (Å²) in [5.74, 6) is 0.433. The van der Waals surface area contributed by atoms with E-state index in [9.17, 15) is 13.2 Å². The van der Waals surface area contributed by atoms with Crippen molar-refractivity contribution in [2.45, 2.75) is 37.0 Å². The SMILES string of the molecule is CCC(C(=O)Nc1ccc(CSc2ccccc2)cc1C)N(c1ccc(Cl)cc1)S(C)(=O)=O. The first-order valence-corrected chi connectivity index (χ1v) is 13.7. The van der Waals surface area contributed by atoms with Crippen molar-refractivity contribution in [3.05, 3.63) is 88.9 Å². The van der Waals surface area contributed by atoms with Crippen LogP contribution in [-0.4, -0.2) is 26.6 Å². The van der Waals surface area contributed by atoms with Crippen LogP contribution in [0.2, 0.25) is 5.02 Å². The molecule has 3 aromatic carbocycles. The van der Waals surface area contributed by atoms with Crippen molar-refractivity contribution in [3.8, 4) is 0 Å². The van der Waals surface area contributed by atoms with E-state index < -0.39 is 16.1 Å². The first kappa shape index (κ1) is 25.1. The summed E-state index contributed by atoms with van der Waals surface area (Å²) in [5, 5.41) is 3.41. The van der Waals surface area contributed by atoms with E-state index >= 15 is 0 Å². The fourth-order valence-electron chi connectivity index (χ4n) is 3.50. The lowest BCUT2D eigenvalue weighted by Crippen LogP contribution is -2.47. The monoisotopic (exact) mass is 502 g/mol. The van der Waals surface area contributed by atoms with Gasteiger partial charge in [-0.1, -0.05) is 48.9 Å². The van der Waals surface area contributed by atoms with Crippen LogP contribution in [-0.2, 0) is 20.6 Å². The Morgan fingerprint density at radius 1 is 1.06 bits per heavy atom. The summed E-state index contributed by atoms with van der Waals surface area (Å²) in [4.78, 5) is 14.4. The summed E-state index contributed by atoms with van der Waals surface area (Å²) in [6.45, 7) is 3.72. The van der Waals surface area contributed by atoms with Crippen molar-refractivity contribution in [2.75, 3.05) is 15.9 Å². The maximum Gasteiger partial charge on any atom is 0.248 e. The third-order valence-corrected chi connectivity index (χ3v) is 7.62. The first-order valence-electron chi connectivity index (χ1n) is 10.5. The van der Waals surface area contributed by atoms with Crippen molar-refractivity contribution >= 4 is 50.7 Å². The van der Waals surface area contributed by atoms with Crippen LogP contribution in [0.15, 0.2) is 77.7 Å². The zero-order valence-electron chi connectivity index (χ0n) is 18.8. The summed E-state index contributed by atoms with van der Waals surface area (Å²) < 4.78 is 26.3. The number of carbonyl (C=O) groups excluding carboxylic acids is 1. The molecule has 0 bridgehead atoms. The molecule has 0 aliphatic carbocycles. The highest BCUT2D eigenvalue weighted by atomic mass is 35.5. The van der Waals surface area contributed by atoms with Crippen LogP contribution in [0.5, 0.6) is 0 Å². The number of sulfonamides is 1. The summed E-state index contributed by atoms with van der Waals surface area (Å²) in [5.41, 5.74) is 3.12. The van der Waals surface area contributed by atoms with Gasteiger partial charge in [0, 0.05) is 21.4 Å². The van der Waals surface area contributed by atoms with Gasteiger partial charge in [0.05, 0.1) is 11.9 Å². The number of rotatable bonds is 9. The number of aryl methyl sites for hydroxylation is 1. The van der Waals surface area contributed by atoms with E-state index in [2.05, 4.69) is 17.4 Å². The highest BCUT2D eigenvalue weighted by molar-refractivity contribution is 7.98. The lowest BCUT2D eigenvalue weighted by Gasteiger charge is -2.30. The van der Waals surface area contributed by atoms with Crippen molar-refractivity contribution < 1.29 is 13.2 Å². The number of hydrogen-bond acceptors (Lipinski definition) is 4. The fraction of sp³-hybridized carbons (Fsp3) is 0.240. The molecule has 0 radical (unpaired) electrons. The molecular formula is C25H27ClN2O3S2. The summed E-state index contributed by atoms with van der Waals surface area (Å²) >= 11 is 7.70. The molecule has 5 nitrogen and oxygen atoms in total. The van der Waals surface area contributed by atoms with Gasteiger partial charge < -0.3 is 5.32 Å². The molecule has 0 heterocycles. The number of benzene rings is 3. The van der Waals surface area contributed by atoms with Gasteiger partial charge in [0.2, 0.25) is 15.9 Å². The van der Waals surface area contributed by atoms with Crippen LogP contribution in [0.4, 0.5) is 11.4 Å². The third-order valence-electron chi connectivity index (χ3n) is 5.11. The lowest BCUT2D eigenvalue weighted by atomic mass is 10.1. The molecule has 0 aromatic heterocycles. The first-order chi connectivity index (χ1) is 15.7. The van der Waals surface area contributed by atoms with E-state index in [1.165, 1.54) is 4.90 Å². The molecule has 0 saturated carbocycles. The Balaban J connectivity index is 1.76. The molecule has 0 aliphatic heterocycles. The largest absolute Gasteiger partial charge is 0.324 e. The molecule has 0 saturated heterocycles. The molecule has 1 N–H and O–H groups in total. The second kappa shape index (κ2) is 11.1. The predicted molar refractivity (Wildman–Crippen MR) is 139 cm³/mol. The van der Waals surface area contributed by atoms with E-state index in [0.717, 1.165) is 27.4 Å². The smallest absolute Gasteiger partial charge is 0.248 e. The minimum Gasteiger partial charge on any atom is -0.324 e. The number of carbonyl (C=O) groups is 1. The molecule has 0 aliphatic rings. The van der Waals surface area contributed by atoms with Gasteiger partial charge in [-0.3, -0.25) is 9.10 Å². The molecule has 3 rings (SSSR count). The number of nitrogens with zero attached hydrogens (tertiary/aromatic N) is 1. The Bertz CT molecular complexity index is 1200. The van der Waals surface area contributed by atoms with Gasteiger partial charge in [-0.05, 0) is 66.9 Å². The number of nitrogens with one attached hydrogen (secondary N) is 1. The highest BCUT2D eigenvalue weighted by Gasteiger charge is 2.31. The van der Waals surface area contributed by atoms with Crippen molar-refractivity contribution in [1.82, 2.24) is 0 Å². The van der Waals surface area contributed by atoms with Crippen LogP contribution in [0.1, 0.15) is 24.5 Å². The third kappa shape index (κ3) is 6.76. The Morgan fingerprint density at radius 3 is 2.30 bits per heavy atom. The number of anilines is 2. The molecular weight excluding hydrogens is 476 g/mol. The minimum absolute atomic E-state index is 0.312.